The maximum atomic E-state index is 11.4. The van der Waals surface area contributed by atoms with E-state index in [1.165, 1.54) is 25.1 Å². The Morgan fingerprint density at radius 2 is 1.38 bits per heavy atom. The fourth-order valence-corrected chi connectivity index (χ4v) is 2.13. The van der Waals surface area contributed by atoms with Gasteiger partial charge in [-0.15, -0.1) is 0 Å². The van der Waals surface area contributed by atoms with E-state index in [-0.39, 0.29) is 34.8 Å². The first kappa shape index (κ1) is 14.6. The van der Waals surface area contributed by atoms with Gasteiger partial charge >= 0.3 is 5.97 Å². The first-order valence-corrected chi connectivity index (χ1v) is 6.27. The van der Waals surface area contributed by atoms with Gasteiger partial charge in [-0.1, -0.05) is 24.3 Å². The van der Waals surface area contributed by atoms with Gasteiger partial charge in [0.05, 0.1) is 5.56 Å². The third-order valence-corrected chi connectivity index (χ3v) is 3.23. The van der Waals surface area contributed by atoms with Crippen LogP contribution in [0.2, 0.25) is 0 Å². The molecule has 2 rings (SSSR count). The molecule has 108 valence electrons. The van der Waals surface area contributed by atoms with Crippen LogP contribution in [0.3, 0.4) is 0 Å². The summed E-state index contributed by atoms with van der Waals surface area (Å²) in [6.45, 7) is 1.35. The van der Waals surface area contributed by atoms with Crippen LogP contribution >= 0.6 is 0 Å². The number of para-hydroxylation sites is 2. The monoisotopic (exact) mass is 286 g/mol. The number of carboxylic acid groups (broad SMARTS) is 1. The number of carbonyl (C=O) groups excluding carboxylic acids is 1. The number of rotatable bonds is 4. The summed E-state index contributed by atoms with van der Waals surface area (Å²) in [6.07, 6.45) is 0.125. The molecule has 0 radical (unpaired) electrons. The molecule has 0 heterocycles. The largest absolute Gasteiger partial charge is 0.507 e. The highest BCUT2D eigenvalue weighted by Gasteiger charge is 2.16. The van der Waals surface area contributed by atoms with E-state index >= 15 is 0 Å². The highest BCUT2D eigenvalue weighted by atomic mass is 16.4. The number of carboxylic acids is 1. The predicted molar refractivity (Wildman–Crippen MR) is 76.0 cm³/mol. The van der Waals surface area contributed by atoms with Crippen LogP contribution < -0.4 is 0 Å². The number of Topliss-reactive ketones (excluding diaryl/α,β-unsaturated/α-hetero) is 1. The maximum Gasteiger partial charge on any atom is 0.339 e. The van der Waals surface area contributed by atoms with E-state index in [0.717, 1.165) is 0 Å². The average Bonchev–Trinajstić information content (AvgIpc) is 2.42. The van der Waals surface area contributed by atoms with Crippen molar-refractivity contribution in [3.05, 3.63) is 58.7 Å². The second-order valence-corrected chi connectivity index (χ2v) is 4.66. The second-order valence-electron chi connectivity index (χ2n) is 4.66. The van der Waals surface area contributed by atoms with E-state index in [4.69, 9.17) is 5.11 Å². The van der Waals surface area contributed by atoms with Gasteiger partial charge in [0.25, 0.3) is 0 Å². The molecular weight excluding hydrogens is 272 g/mol. The Bertz CT molecular complexity index is 657. The van der Waals surface area contributed by atoms with Crippen molar-refractivity contribution in [1.82, 2.24) is 0 Å². The fourth-order valence-electron chi connectivity index (χ4n) is 2.13. The normalized spacial score (nSPS) is 10.3. The molecule has 0 aliphatic carbocycles. The van der Waals surface area contributed by atoms with Gasteiger partial charge in [-0.3, -0.25) is 4.79 Å². The van der Waals surface area contributed by atoms with E-state index in [1.54, 1.807) is 18.2 Å². The summed E-state index contributed by atoms with van der Waals surface area (Å²) in [5.41, 5.74) is 0.808. The highest BCUT2D eigenvalue weighted by molar-refractivity contribution is 5.97. The number of benzene rings is 2. The van der Waals surface area contributed by atoms with Gasteiger partial charge in [-0.05, 0) is 30.2 Å². The molecule has 0 spiro atoms. The van der Waals surface area contributed by atoms with Crippen molar-refractivity contribution in [2.45, 2.75) is 13.3 Å². The number of hydrogen-bond acceptors (Lipinski definition) is 4. The molecule has 2 aromatic rings. The van der Waals surface area contributed by atoms with Crippen LogP contribution in [0.15, 0.2) is 36.4 Å². The van der Waals surface area contributed by atoms with Crippen LogP contribution in [-0.4, -0.2) is 27.1 Å². The summed E-state index contributed by atoms with van der Waals surface area (Å²) in [5.74, 6) is -1.98. The van der Waals surface area contributed by atoms with Crippen molar-refractivity contribution in [3.63, 3.8) is 0 Å². The molecule has 0 bridgehead atoms. The summed E-state index contributed by atoms with van der Waals surface area (Å²) >= 11 is 0. The van der Waals surface area contributed by atoms with Gasteiger partial charge in [0.1, 0.15) is 17.1 Å². The van der Waals surface area contributed by atoms with Crippen molar-refractivity contribution in [2.75, 3.05) is 0 Å². The van der Waals surface area contributed by atoms with E-state index in [9.17, 15) is 19.8 Å². The average molecular weight is 286 g/mol. The van der Waals surface area contributed by atoms with Crippen molar-refractivity contribution >= 4 is 11.8 Å². The Morgan fingerprint density at radius 1 is 0.905 bits per heavy atom. The van der Waals surface area contributed by atoms with Gasteiger partial charge < -0.3 is 15.3 Å². The number of carbonyl (C=O) groups is 2. The van der Waals surface area contributed by atoms with Crippen molar-refractivity contribution in [3.8, 4) is 11.5 Å². The molecule has 2 aromatic carbocycles. The molecule has 5 heteroatoms. The third-order valence-electron chi connectivity index (χ3n) is 3.23. The lowest BCUT2D eigenvalue weighted by Gasteiger charge is -2.10. The summed E-state index contributed by atoms with van der Waals surface area (Å²) in [5, 5.41) is 29.0. The number of aromatic hydroxyl groups is 2. The molecule has 0 unspecified atom stereocenters. The summed E-state index contributed by atoms with van der Waals surface area (Å²) in [6, 6.07) is 9.15. The van der Waals surface area contributed by atoms with Crippen LogP contribution in [0.4, 0.5) is 0 Å². The smallest absolute Gasteiger partial charge is 0.339 e. The predicted octanol–water partition coefficient (Wildman–Crippen LogP) is 2.59. The molecule has 0 atom stereocenters. The lowest BCUT2D eigenvalue weighted by atomic mass is 9.98. The van der Waals surface area contributed by atoms with Gasteiger partial charge in [0.2, 0.25) is 0 Å². The van der Waals surface area contributed by atoms with Gasteiger partial charge in [-0.2, -0.15) is 0 Å². The zero-order valence-corrected chi connectivity index (χ0v) is 11.3. The molecule has 0 aliphatic heterocycles. The van der Waals surface area contributed by atoms with Crippen LogP contribution in [0, 0.1) is 0 Å². The molecule has 3 N–H and O–H groups in total. The lowest BCUT2D eigenvalue weighted by Crippen LogP contribution is -2.01. The van der Waals surface area contributed by atoms with Crippen LogP contribution in [0.5, 0.6) is 11.5 Å². The van der Waals surface area contributed by atoms with Gasteiger partial charge in [0.15, 0.2) is 5.78 Å². The Labute approximate surface area is 121 Å². The molecule has 0 saturated heterocycles. The van der Waals surface area contributed by atoms with Crippen LogP contribution in [0.25, 0.3) is 0 Å². The fraction of sp³-hybridized carbons (Fsp3) is 0.125. The van der Waals surface area contributed by atoms with Gasteiger partial charge in [-0.25, -0.2) is 4.79 Å². The molecule has 0 fully saturated rings. The number of phenolic OH excluding ortho intramolecular Hbond substituents is 1. The van der Waals surface area contributed by atoms with E-state index in [1.807, 2.05) is 0 Å². The Hall–Kier alpha value is -2.82. The number of aromatic carboxylic acids is 1. The van der Waals surface area contributed by atoms with Crippen molar-refractivity contribution in [2.24, 2.45) is 0 Å². The summed E-state index contributed by atoms with van der Waals surface area (Å²) in [7, 11) is 0. The van der Waals surface area contributed by atoms with Crippen LogP contribution in [0.1, 0.15) is 38.8 Å². The number of ketones is 1. The molecular formula is C16H14O5. The Kier molecular flexibility index (Phi) is 3.93. The Balaban J connectivity index is 2.44. The standard InChI is InChI=1S/C16H14O5/c1-9(17)12-6-2-4-10(14(12)18)8-11-5-3-7-13(15(11)19)16(20)21/h2-7,18-19H,8H2,1H3,(H,20,21). The van der Waals surface area contributed by atoms with E-state index < -0.39 is 5.97 Å². The van der Waals surface area contributed by atoms with Crippen LogP contribution in [-0.2, 0) is 6.42 Å². The van der Waals surface area contributed by atoms with E-state index in [2.05, 4.69) is 0 Å². The number of phenols is 2. The van der Waals surface area contributed by atoms with E-state index in [0.29, 0.717) is 11.1 Å². The van der Waals surface area contributed by atoms with Gasteiger partial charge in [0, 0.05) is 6.42 Å². The zero-order valence-electron chi connectivity index (χ0n) is 11.3. The summed E-state index contributed by atoms with van der Waals surface area (Å²) < 4.78 is 0. The molecule has 0 saturated carbocycles. The minimum atomic E-state index is -1.23. The molecule has 0 aromatic heterocycles. The molecule has 0 amide bonds. The lowest BCUT2D eigenvalue weighted by molar-refractivity contribution is 0.0693. The SMILES string of the molecule is CC(=O)c1cccc(Cc2cccc(C(=O)O)c2O)c1O. The van der Waals surface area contributed by atoms with Crippen molar-refractivity contribution < 1.29 is 24.9 Å². The quantitative estimate of drug-likeness (QED) is 0.751. The minimum Gasteiger partial charge on any atom is -0.507 e. The van der Waals surface area contributed by atoms with Crippen molar-refractivity contribution in [1.29, 1.82) is 0 Å². The molecule has 0 aliphatic rings. The number of hydrogen-bond donors (Lipinski definition) is 3. The first-order valence-electron chi connectivity index (χ1n) is 6.27. The maximum absolute atomic E-state index is 11.4. The highest BCUT2D eigenvalue weighted by Crippen LogP contribution is 2.30. The zero-order chi connectivity index (χ0) is 15.6. The topological polar surface area (TPSA) is 94.8 Å². The third kappa shape index (κ3) is 2.86. The Morgan fingerprint density at radius 3 is 1.86 bits per heavy atom. The molecule has 5 nitrogen and oxygen atoms in total. The second kappa shape index (κ2) is 5.66. The molecule has 21 heavy (non-hydrogen) atoms. The summed E-state index contributed by atoms with van der Waals surface area (Å²) in [4.78, 5) is 22.4. The first-order chi connectivity index (χ1) is 9.91. The minimum absolute atomic E-state index is 0.125.